The Morgan fingerprint density at radius 1 is 1.02 bits per heavy atom. The predicted octanol–water partition coefficient (Wildman–Crippen LogP) is 5.00. The van der Waals surface area contributed by atoms with Gasteiger partial charge in [0.05, 0.1) is 10.6 Å². The van der Waals surface area contributed by atoms with E-state index in [1.54, 1.807) is 18.2 Å². The molecule has 2 fully saturated rings. The van der Waals surface area contributed by atoms with Gasteiger partial charge >= 0.3 is 0 Å². The largest absolute Gasteiger partial charge is 0.381 e. The predicted molar refractivity (Wildman–Crippen MR) is 151 cm³/mol. The third-order valence-electron chi connectivity index (χ3n) is 8.52. The van der Waals surface area contributed by atoms with Crippen molar-refractivity contribution in [2.45, 2.75) is 53.2 Å². The summed E-state index contributed by atoms with van der Waals surface area (Å²) in [4.78, 5) is 12.9. The Kier molecular flexibility index (Phi) is 6.90. The van der Waals surface area contributed by atoms with E-state index in [2.05, 4.69) is 10.6 Å². The number of fused-ring (bicyclic) bond motifs is 2. The van der Waals surface area contributed by atoms with Gasteiger partial charge in [-0.15, -0.1) is 0 Å². The third-order valence-corrected chi connectivity index (χ3v) is 14.0. The molecule has 2 heterocycles. The number of halogens is 3. The zero-order valence-electron chi connectivity index (χ0n) is 21.7. The van der Waals surface area contributed by atoms with Crippen LogP contribution in [0.5, 0.6) is 0 Å². The van der Waals surface area contributed by atoms with Crippen molar-refractivity contribution < 1.29 is 30.4 Å². The van der Waals surface area contributed by atoms with Crippen LogP contribution in [0.15, 0.2) is 65.6 Å². The fraction of sp³-hybridized carbons (Fsp3) is 0.345. The summed E-state index contributed by atoms with van der Waals surface area (Å²) >= 11 is 6.09. The molecule has 2 aliphatic heterocycles. The minimum atomic E-state index is -4.35. The number of amides is 1. The summed E-state index contributed by atoms with van der Waals surface area (Å²) in [6.45, 7) is 0.0688. The SMILES string of the molecule is O=C(NCc1ccc(F)cc1Cl)c1ccc2c(c1)C1(CCS(=O)(=O)C(S(=O)(=O)c3ccc(F)cc3)C1)C(C1CC1)N2. The Bertz CT molecular complexity index is 1760. The first-order valence-corrected chi connectivity index (χ1v) is 16.9. The van der Waals surface area contributed by atoms with Crippen molar-refractivity contribution in [2.75, 3.05) is 11.1 Å². The van der Waals surface area contributed by atoms with Gasteiger partial charge in [0.15, 0.2) is 24.3 Å². The van der Waals surface area contributed by atoms with E-state index in [0.717, 1.165) is 48.4 Å². The molecule has 1 spiro atoms. The Morgan fingerprint density at radius 2 is 1.73 bits per heavy atom. The molecule has 1 saturated carbocycles. The van der Waals surface area contributed by atoms with Gasteiger partial charge in [0.25, 0.3) is 5.91 Å². The Balaban J connectivity index is 1.35. The zero-order chi connectivity index (χ0) is 29.2. The molecule has 3 unspecified atom stereocenters. The lowest BCUT2D eigenvalue weighted by molar-refractivity contribution is 0.0950. The Hall–Kier alpha value is -3.02. The minimum absolute atomic E-state index is 0.0688. The Morgan fingerprint density at radius 3 is 2.41 bits per heavy atom. The van der Waals surface area contributed by atoms with Crippen molar-refractivity contribution in [3.8, 4) is 0 Å². The number of nitrogens with one attached hydrogen (secondary N) is 2. The molecule has 41 heavy (non-hydrogen) atoms. The van der Waals surface area contributed by atoms with Gasteiger partial charge in [-0.2, -0.15) is 0 Å². The second kappa shape index (κ2) is 10.1. The molecule has 3 aliphatic rings. The first-order chi connectivity index (χ1) is 19.4. The number of rotatable bonds is 6. The summed E-state index contributed by atoms with van der Waals surface area (Å²) in [5.74, 6) is -1.60. The van der Waals surface area contributed by atoms with Gasteiger partial charge in [0.2, 0.25) is 0 Å². The van der Waals surface area contributed by atoms with Crippen LogP contribution in [0.4, 0.5) is 14.5 Å². The van der Waals surface area contributed by atoms with Gasteiger partial charge in [-0.3, -0.25) is 4.79 Å². The first kappa shape index (κ1) is 28.1. The van der Waals surface area contributed by atoms with E-state index in [9.17, 15) is 30.4 Å². The summed E-state index contributed by atoms with van der Waals surface area (Å²) in [5.41, 5.74) is 1.50. The zero-order valence-corrected chi connectivity index (χ0v) is 24.1. The summed E-state index contributed by atoms with van der Waals surface area (Å²) in [5, 5.41) is 6.49. The van der Waals surface area contributed by atoms with Crippen molar-refractivity contribution in [1.82, 2.24) is 5.32 Å². The molecule has 6 rings (SSSR count). The molecule has 2 N–H and O–H groups in total. The maximum absolute atomic E-state index is 13.7. The van der Waals surface area contributed by atoms with Crippen molar-refractivity contribution in [1.29, 1.82) is 0 Å². The second-order valence-corrected chi connectivity index (χ2v) is 16.2. The molecular formula is C29H27ClF2N2O5S2. The minimum Gasteiger partial charge on any atom is -0.381 e. The van der Waals surface area contributed by atoms with Crippen LogP contribution >= 0.6 is 11.6 Å². The highest BCUT2D eigenvalue weighted by molar-refractivity contribution is 8.09. The quantitative estimate of drug-likeness (QED) is 0.376. The highest BCUT2D eigenvalue weighted by atomic mass is 35.5. The van der Waals surface area contributed by atoms with E-state index in [4.69, 9.17) is 11.6 Å². The lowest BCUT2D eigenvalue weighted by atomic mass is 9.70. The second-order valence-electron chi connectivity index (χ2n) is 11.0. The van der Waals surface area contributed by atoms with Crippen LogP contribution in [0.2, 0.25) is 5.02 Å². The lowest BCUT2D eigenvalue weighted by Crippen LogP contribution is -2.52. The number of anilines is 1. The number of sulfone groups is 2. The number of carbonyl (C=O) groups excluding carboxylic acids is 1. The highest BCUT2D eigenvalue weighted by Crippen LogP contribution is 2.57. The fourth-order valence-corrected chi connectivity index (χ4v) is 11.4. The molecule has 0 bridgehead atoms. The molecule has 0 radical (unpaired) electrons. The molecule has 7 nitrogen and oxygen atoms in total. The molecule has 0 aromatic heterocycles. The maximum Gasteiger partial charge on any atom is 0.251 e. The summed E-state index contributed by atoms with van der Waals surface area (Å²) < 4.78 is 79.2. The summed E-state index contributed by atoms with van der Waals surface area (Å²) in [6, 6.07) is 13.1. The molecule has 1 aliphatic carbocycles. The van der Waals surface area contributed by atoms with Crippen LogP contribution in [0.1, 0.15) is 47.2 Å². The first-order valence-electron chi connectivity index (χ1n) is 13.2. The van der Waals surface area contributed by atoms with Crippen LogP contribution < -0.4 is 10.6 Å². The summed E-state index contributed by atoms with van der Waals surface area (Å²) in [6.07, 6.45) is 1.90. The van der Waals surface area contributed by atoms with E-state index in [1.165, 1.54) is 18.2 Å². The van der Waals surface area contributed by atoms with Crippen LogP contribution in [0.3, 0.4) is 0 Å². The van der Waals surface area contributed by atoms with E-state index in [-0.39, 0.29) is 47.0 Å². The monoisotopic (exact) mass is 620 g/mol. The van der Waals surface area contributed by atoms with Gasteiger partial charge < -0.3 is 10.6 Å². The highest BCUT2D eigenvalue weighted by Gasteiger charge is 2.59. The van der Waals surface area contributed by atoms with Gasteiger partial charge in [-0.05, 0) is 97.3 Å². The van der Waals surface area contributed by atoms with Crippen molar-refractivity contribution >= 4 is 42.9 Å². The van der Waals surface area contributed by atoms with Crippen LogP contribution in [-0.4, -0.2) is 39.1 Å². The van der Waals surface area contributed by atoms with Crippen molar-refractivity contribution in [3.63, 3.8) is 0 Å². The van der Waals surface area contributed by atoms with E-state index in [1.807, 2.05) is 0 Å². The van der Waals surface area contributed by atoms with Gasteiger partial charge in [-0.1, -0.05) is 17.7 Å². The number of benzene rings is 3. The molecular weight excluding hydrogens is 594 g/mol. The molecule has 3 atom stereocenters. The topological polar surface area (TPSA) is 109 Å². The average molecular weight is 621 g/mol. The normalized spacial score (nSPS) is 25.0. The van der Waals surface area contributed by atoms with E-state index >= 15 is 0 Å². The van der Waals surface area contributed by atoms with Gasteiger partial charge in [0, 0.05) is 34.3 Å². The molecule has 1 saturated heterocycles. The number of hydrogen-bond acceptors (Lipinski definition) is 6. The average Bonchev–Trinajstić information content (AvgIpc) is 3.72. The molecule has 3 aromatic carbocycles. The molecule has 3 aromatic rings. The third kappa shape index (κ3) is 5.02. The molecule has 216 valence electrons. The molecule has 12 heteroatoms. The van der Waals surface area contributed by atoms with E-state index in [0.29, 0.717) is 11.1 Å². The number of carbonyl (C=O) groups is 1. The van der Waals surface area contributed by atoms with Crippen LogP contribution in [0, 0.1) is 17.6 Å². The van der Waals surface area contributed by atoms with Crippen molar-refractivity contribution in [3.05, 3.63) is 94.0 Å². The molecule has 1 amide bonds. The van der Waals surface area contributed by atoms with Crippen LogP contribution in [0.25, 0.3) is 0 Å². The van der Waals surface area contributed by atoms with E-state index < -0.39 is 47.2 Å². The Labute approximate surface area is 242 Å². The van der Waals surface area contributed by atoms with Gasteiger partial charge in [0.1, 0.15) is 11.6 Å². The van der Waals surface area contributed by atoms with Crippen molar-refractivity contribution in [2.24, 2.45) is 5.92 Å². The van der Waals surface area contributed by atoms with Crippen LogP contribution in [-0.2, 0) is 31.6 Å². The number of hydrogen-bond donors (Lipinski definition) is 2. The standard InChI is InChI=1S/C29H27ClF2N2O5S2/c30-24-14-21(32)5-3-19(24)16-33-28(35)18-4-10-25-23(13-18)29(27(34-25)17-1-2-17)11-12-40(36,37)26(15-29)41(38,39)22-8-6-20(31)7-9-22/h3-10,13-14,17,26-27,34H,1-2,11-12,15-16H2,(H,33,35). The summed E-state index contributed by atoms with van der Waals surface area (Å²) in [7, 11) is -8.39. The smallest absolute Gasteiger partial charge is 0.251 e. The maximum atomic E-state index is 13.7. The lowest BCUT2D eigenvalue weighted by Gasteiger charge is -2.42. The fourth-order valence-electron chi connectivity index (χ4n) is 6.23. The van der Waals surface area contributed by atoms with Gasteiger partial charge in [-0.25, -0.2) is 25.6 Å².